The molecule has 0 spiro atoms. The molecular weight excluding hydrogens is 206 g/mol. The second-order valence-corrected chi connectivity index (χ2v) is 4.39. The van der Waals surface area contributed by atoms with E-state index in [0.717, 1.165) is 23.5 Å². The number of hydrogen-bond acceptors (Lipinski definition) is 4. The predicted octanol–water partition coefficient (Wildman–Crippen LogP) is 1.65. The average molecular weight is 219 g/mol. The smallest absolute Gasteiger partial charge is 0.0940 e. The predicted molar refractivity (Wildman–Crippen MR) is 61.7 cm³/mol. The number of thiazole rings is 1. The Labute approximate surface area is 93.0 Å². The van der Waals surface area contributed by atoms with Crippen LogP contribution in [0.25, 0.3) is 0 Å². The topological polar surface area (TPSA) is 51.8 Å². The Morgan fingerprint density at radius 3 is 2.80 bits per heavy atom. The molecule has 78 valence electrons. The first-order valence-electron chi connectivity index (χ1n) is 4.88. The lowest BCUT2D eigenvalue weighted by atomic mass is 10.1. The number of nitrogens with two attached hydrogens (primary N) is 1. The Morgan fingerprint density at radius 1 is 1.20 bits per heavy atom. The summed E-state index contributed by atoms with van der Waals surface area (Å²) in [5.41, 5.74) is 7.07. The van der Waals surface area contributed by atoms with Gasteiger partial charge in [0.05, 0.1) is 5.01 Å². The maximum Gasteiger partial charge on any atom is 0.0940 e. The summed E-state index contributed by atoms with van der Waals surface area (Å²) in [7, 11) is 0. The third kappa shape index (κ3) is 3.11. The highest BCUT2D eigenvalue weighted by Gasteiger charge is 2.07. The van der Waals surface area contributed by atoms with Crippen LogP contribution < -0.4 is 5.73 Å². The molecule has 0 aromatic carbocycles. The van der Waals surface area contributed by atoms with Gasteiger partial charge in [0.25, 0.3) is 0 Å². The van der Waals surface area contributed by atoms with Gasteiger partial charge in [0.1, 0.15) is 0 Å². The molecular formula is C11H13N3S. The molecule has 0 fully saturated rings. The van der Waals surface area contributed by atoms with Crippen molar-refractivity contribution >= 4 is 11.3 Å². The fourth-order valence-corrected chi connectivity index (χ4v) is 2.15. The maximum absolute atomic E-state index is 6.02. The Hall–Kier alpha value is -1.26. The van der Waals surface area contributed by atoms with Crippen molar-refractivity contribution in [3.63, 3.8) is 0 Å². The normalized spacial score (nSPS) is 12.6. The first-order chi connectivity index (χ1) is 7.34. The lowest BCUT2D eigenvalue weighted by Crippen LogP contribution is -2.25. The Bertz CT molecular complexity index is 385. The Kier molecular flexibility index (Phi) is 3.42. The van der Waals surface area contributed by atoms with Crippen molar-refractivity contribution in [1.29, 1.82) is 0 Å². The van der Waals surface area contributed by atoms with Crippen LogP contribution in [0.5, 0.6) is 0 Å². The fraction of sp³-hybridized carbons (Fsp3) is 0.273. The summed E-state index contributed by atoms with van der Waals surface area (Å²) in [6.07, 6.45) is 5.24. The van der Waals surface area contributed by atoms with E-state index in [1.165, 1.54) is 0 Å². The van der Waals surface area contributed by atoms with E-state index in [-0.39, 0.29) is 6.04 Å². The van der Waals surface area contributed by atoms with Crippen LogP contribution in [0.2, 0.25) is 0 Å². The number of rotatable bonds is 4. The number of aromatic nitrogens is 2. The third-order valence-electron chi connectivity index (χ3n) is 2.12. The van der Waals surface area contributed by atoms with Crippen LogP contribution in [-0.4, -0.2) is 16.0 Å². The monoisotopic (exact) mass is 219 g/mol. The minimum atomic E-state index is 0.103. The lowest BCUT2D eigenvalue weighted by molar-refractivity contribution is 0.652. The molecule has 2 aromatic heterocycles. The van der Waals surface area contributed by atoms with Crippen molar-refractivity contribution in [3.8, 4) is 0 Å². The van der Waals surface area contributed by atoms with Gasteiger partial charge < -0.3 is 5.73 Å². The Balaban J connectivity index is 1.90. The van der Waals surface area contributed by atoms with Crippen molar-refractivity contribution in [2.45, 2.75) is 18.9 Å². The van der Waals surface area contributed by atoms with Crippen LogP contribution in [0.1, 0.15) is 10.7 Å². The SMILES string of the molecule is NC(Cc1ccccn1)Cc1nccs1. The summed E-state index contributed by atoms with van der Waals surface area (Å²) in [6.45, 7) is 0. The minimum Gasteiger partial charge on any atom is -0.327 e. The highest BCUT2D eigenvalue weighted by atomic mass is 32.1. The highest BCUT2D eigenvalue weighted by Crippen LogP contribution is 2.08. The van der Waals surface area contributed by atoms with Crippen LogP contribution in [-0.2, 0) is 12.8 Å². The quantitative estimate of drug-likeness (QED) is 0.850. The van der Waals surface area contributed by atoms with Crippen LogP contribution >= 0.6 is 11.3 Å². The van der Waals surface area contributed by atoms with E-state index >= 15 is 0 Å². The average Bonchev–Trinajstić information content (AvgIpc) is 2.71. The van der Waals surface area contributed by atoms with Crippen molar-refractivity contribution < 1.29 is 0 Å². The molecule has 0 aliphatic heterocycles. The van der Waals surface area contributed by atoms with Gasteiger partial charge in [-0.15, -0.1) is 11.3 Å². The lowest BCUT2D eigenvalue weighted by Gasteiger charge is -2.08. The fourth-order valence-electron chi connectivity index (χ4n) is 1.44. The van der Waals surface area contributed by atoms with E-state index in [1.807, 2.05) is 29.8 Å². The van der Waals surface area contributed by atoms with Crippen LogP contribution in [0.4, 0.5) is 0 Å². The summed E-state index contributed by atoms with van der Waals surface area (Å²) in [4.78, 5) is 8.47. The van der Waals surface area contributed by atoms with Crippen molar-refractivity contribution in [2.75, 3.05) is 0 Å². The molecule has 0 radical (unpaired) electrons. The molecule has 0 aliphatic carbocycles. The second kappa shape index (κ2) is 5.00. The molecule has 1 unspecified atom stereocenters. The zero-order chi connectivity index (χ0) is 10.5. The van der Waals surface area contributed by atoms with Crippen molar-refractivity contribution in [1.82, 2.24) is 9.97 Å². The Morgan fingerprint density at radius 2 is 2.13 bits per heavy atom. The van der Waals surface area contributed by atoms with Gasteiger partial charge in [-0.05, 0) is 12.1 Å². The van der Waals surface area contributed by atoms with E-state index in [2.05, 4.69) is 9.97 Å². The van der Waals surface area contributed by atoms with Crippen molar-refractivity contribution in [2.24, 2.45) is 5.73 Å². The molecule has 0 amide bonds. The summed E-state index contributed by atoms with van der Waals surface area (Å²) >= 11 is 1.65. The number of hydrogen-bond donors (Lipinski definition) is 1. The van der Waals surface area contributed by atoms with E-state index in [4.69, 9.17) is 5.73 Å². The first kappa shape index (κ1) is 10.3. The van der Waals surface area contributed by atoms with Crippen LogP contribution in [0.3, 0.4) is 0 Å². The third-order valence-corrected chi connectivity index (χ3v) is 2.92. The summed E-state index contributed by atoms with van der Waals surface area (Å²) < 4.78 is 0. The van der Waals surface area contributed by atoms with Gasteiger partial charge in [0, 0.05) is 42.4 Å². The van der Waals surface area contributed by atoms with Crippen LogP contribution in [0, 0.1) is 0 Å². The van der Waals surface area contributed by atoms with Gasteiger partial charge in [0.2, 0.25) is 0 Å². The summed E-state index contributed by atoms with van der Waals surface area (Å²) in [5.74, 6) is 0. The molecule has 15 heavy (non-hydrogen) atoms. The minimum absolute atomic E-state index is 0.103. The van der Waals surface area contributed by atoms with Crippen LogP contribution in [0.15, 0.2) is 36.0 Å². The van der Waals surface area contributed by atoms with Crippen molar-refractivity contribution in [3.05, 3.63) is 46.7 Å². The molecule has 0 bridgehead atoms. The van der Waals surface area contributed by atoms with E-state index in [1.54, 1.807) is 17.5 Å². The summed E-state index contributed by atoms with van der Waals surface area (Å²) in [5, 5.41) is 3.07. The molecule has 0 aliphatic rings. The maximum atomic E-state index is 6.02. The molecule has 1 atom stereocenters. The van der Waals surface area contributed by atoms with Gasteiger partial charge in [-0.3, -0.25) is 4.98 Å². The molecule has 0 saturated heterocycles. The van der Waals surface area contributed by atoms with E-state index in [9.17, 15) is 0 Å². The molecule has 2 N–H and O–H groups in total. The van der Waals surface area contributed by atoms with E-state index < -0.39 is 0 Å². The second-order valence-electron chi connectivity index (χ2n) is 3.42. The summed E-state index contributed by atoms with van der Waals surface area (Å²) in [6, 6.07) is 6.00. The number of pyridine rings is 1. The molecule has 4 heteroatoms. The van der Waals surface area contributed by atoms with Gasteiger partial charge >= 0.3 is 0 Å². The standard InChI is InChI=1S/C11H13N3S/c12-9(8-11-14-5-6-15-11)7-10-3-1-2-4-13-10/h1-6,9H,7-8,12H2. The van der Waals surface area contributed by atoms with E-state index in [0.29, 0.717) is 0 Å². The molecule has 2 heterocycles. The van der Waals surface area contributed by atoms with Gasteiger partial charge in [-0.25, -0.2) is 4.98 Å². The molecule has 2 aromatic rings. The highest BCUT2D eigenvalue weighted by molar-refractivity contribution is 7.09. The molecule has 0 saturated carbocycles. The molecule has 3 nitrogen and oxygen atoms in total. The first-order valence-corrected chi connectivity index (χ1v) is 5.76. The van der Waals surface area contributed by atoms with Gasteiger partial charge in [-0.2, -0.15) is 0 Å². The zero-order valence-electron chi connectivity index (χ0n) is 8.34. The molecule has 2 rings (SSSR count). The van der Waals surface area contributed by atoms with Gasteiger partial charge in [-0.1, -0.05) is 6.07 Å². The van der Waals surface area contributed by atoms with Gasteiger partial charge in [0.15, 0.2) is 0 Å². The largest absolute Gasteiger partial charge is 0.327 e. The zero-order valence-corrected chi connectivity index (χ0v) is 9.15. The number of nitrogens with zero attached hydrogens (tertiary/aromatic N) is 2.